The number of hydrogen-bond acceptors (Lipinski definition) is 0. The predicted molar refractivity (Wildman–Crippen MR) is 244 cm³/mol. The molecular weight excluding hydrogens is 905 g/mol. The minimum absolute atomic E-state index is 0.0435. The highest BCUT2D eigenvalue weighted by Crippen LogP contribution is 2.53. The van der Waals surface area contributed by atoms with E-state index in [2.05, 4.69) is 0 Å². The van der Waals surface area contributed by atoms with Crippen molar-refractivity contribution >= 4 is 21.7 Å². The molecule has 0 spiro atoms. The summed E-state index contributed by atoms with van der Waals surface area (Å²) in [6.07, 6.45) is -16.4. The van der Waals surface area contributed by atoms with Gasteiger partial charge in [0.05, 0.1) is 22.3 Å². The maximum absolute atomic E-state index is 14.3. The second-order valence-corrected chi connectivity index (χ2v) is 19.8. The highest BCUT2D eigenvalue weighted by Gasteiger charge is 2.40. The molecule has 0 N–H and O–H groups in total. The van der Waals surface area contributed by atoms with Crippen LogP contribution in [0.3, 0.4) is 0 Å². The van der Waals surface area contributed by atoms with E-state index in [4.69, 9.17) is 0 Å². The van der Waals surface area contributed by atoms with Gasteiger partial charge in [0.25, 0.3) is 0 Å². The summed E-state index contributed by atoms with van der Waals surface area (Å²) in [5.41, 5.74) is 1.33. The van der Waals surface area contributed by atoms with Crippen LogP contribution in [0.2, 0.25) is 12.1 Å². The van der Waals surface area contributed by atoms with Gasteiger partial charge < -0.3 is 0 Å². The fourth-order valence-electron chi connectivity index (χ4n) is 9.93. The minimum Gasteiger partial charge on any atom is -0.166 e. The number of alkyl halides is 12. The number of fused-ring (bicyclic) bond motifs is 2. The topological polar surface area (TPSA) is 0 Å². The van der Waals surface area contributed by atoms with Crippen LogP contribution in [0.5, 0.6) is 0 Å². The largest absolute Gasteiger partial charge is 0.416 e. The molecule has 67 heavy (non-hydrogen) atoms. The molecule has 0 aliphatic heterocycles. The molecule has 0 nitrogen and oxygen atoms in total. The highest BCUT2D eigenvalue weighted by molar-refractivity contribution is 6.36. The summed E-state index contributed by atoms with van der Waals surface area (Å²) in [7, 11) is -1.10. The zero-order valence-corrected chi connectivity index (χ0v) is 38.1. The van der Waals surface area contributed by atoms with Crippen molar-refractivity contribution in [3.8, 4) is 44.5 Å². The van der Waals surface area contributed by atoms with Crippen molar-refractivity contribution in [1.29, 1.82) is 0 Å². The van der Waals surface area contributed by atoms with Gasteiger partial charge in [-0.15, -0.1) is 0 Å². The SMILES string of the molecule is CC(C)C1=Cc2c(ccc(-c3ccccc3)c2-c2cc(C(F)(F)F)cc(C(F)(F)F)c2)C1C[SiH2]CC1C(C(C)C)=Cc2c1ccc(-c1ccccc1)c2-c1cc(C(F)(F)F)cc(C(F)(F)F)c1. The van der Waals surface area contributed by atoms with E-state index in [0.29, 0.717) is 45.5 Å². The van der Waals surface area contributed by atoms with Gasteiger partial charge in [-0.05, 0) is 115 Å². The molecule has 0 aromatic heterocycles. The van der Waals surface area contributed by atoms with Crippen molar-refractivity contribution in [2.45, 2.75) is 76.3 Å². The van der Waals surface area contributed by atoms with Crippen LogP contribution in [0.25, 0.3) is 56.7 Å². The zero-order chi connectivity index (χ0) is 48.4. The third-order valence-electron chi connectivity index (χ3n) is 13.0. The Labute approximate surface area is 382 Å². The molecule has 8 rings (SSSR count). The monoisotopic (exact) mass is 948 g/mol. The van der Waals surface area contributed by atoms with Crippen molar-refractivity contribution in [1.82, 2.24) is 0 Å². The molecular formula is C54H44F12Si. The van der Waals surface area contributed by atoms with E-state index in [-0.39, 0.29) is 58.1 Å². The lowest BCUT2D eigenvalue weighted by molar-refractivity contribution is -0.144. The molecule has 13 heteroatoms. The molecule has 2 atom stereocenters. The lowest BCUT2D eigenvalue weighted by Gasteiger charge is -2.24. The van der Waals surface area contributed by atoms with Crippen LogP contribution in [0.1, 0.15) is 84.0 Å². The Morgan fingerprint density at radius 3 is 1.00 bits per heavy atom. The molecule has 0 radical (unpaired) electrons. The van der Waals surface area contributed by atoms with E-state index in [1.54, 1.807) is 72.8 Å². The number of benzene rings is 6. The Hall–Kier alpha value is -5.82. The van der Waals surface area contributed by atoms with Gasteiger partial charge in [-0.2, -0.15) is 52.7 Å². The van der Waals surface area contributed by atoms with Crippen molar-refractivity contribution in [3.63, 3.8) is 0 Å². The Balaban J connectivity index is 1.22. The number of allylic oxidation sites excluding steroid dienone is 2. The van der Waals surface area contributed by atoms with Gasteiger partial charge in [0.1, 0.15) is 0 Å². The Bertz CT molecular complexity index is 2620. The van der Waals surface area contributed by atoms with Crippen LogP contribution >= 0.6 is 0 Å². The summed E-state index contributed by atoms with van der Waals surface area (Å²) in [5, 5.41) is 0. The summed E-state index contributed by atoms with van der Waals surface area (Å²) >= 11 is 0. The molecule has 348 valence electrons. The molecule has 0 heterocycles. The van der Waals surface area contributed by atoms with Gasteiger partial charge in [0.2, 0.25) is 0 Å². The molecule has 0 saturated heterocycles. The maximum Gasteiger partial charge on any atom is 0.416 e. The molecule has 6 aromatic carbocycles. The van der Waals surface area contributed by atoms with E-state index < -0.39 is 56.5 Å². The van der Waals surface area contributed by atoms with Crippen LogP contribution in [0, 0.1) is 11.8 Å². The standard InChI is InChI=1S/C54H44F12Si/c1-29(2)43-25-45-41(17-15-39(31-11-7-5-8-12-31)49(45)33-19-35(51(55,56)57)23-36(20-33)52(58,59)60)47(43)27-67-28-48-42-18-16-40(32-13-9-6-10-14-32)50(46(42)26-44(48)30(3)4)34-21-37(53(61,62)63)24-38(22-34)54(64,65)66/h5-26,29-30,47-48H,27-28,67H2,1-4H3. The van der Waals surface area contributed by atoms with Gasteiger partial charge in [-0.1, -0.05) is 148 Å². The smallest absolute Gasteiger partial charge is 0.166 e. The van der Waals surface area contributed by atoms with Crippen LogP contribution in [-0.2, 0) is 24.7 Å². The molecule has 6 aromatic rings. The van der Waals surface area contributed by atoms with Gasteiger partial charge in [-0.3, -0.25) is 0 Å². The molecule has 2 aliphatic carbocycles. The Morgan fingerprint density at radius 2 is 0.716 bits per heavy atom. The van der Waals surface area contributed by atoms with Gasteiger partial charge in [-0.25, -0.2) is 0 Å². The van der Waals surface area contributed by atoms with Crippen molar-refractivity contribution < 1.29 is 52.7 Å². The fourth-order valence-corrected chi connectivity index (χ4v) is 12.3. The van der Waals surface area contributed by atoms with E-state index in [1.165, 1.54) is 0 Å². The zero-order valence-electron chi connectivity index (χ0n) is 36.7. The van der Waals surface area contributed by atoms with Crippen molar-refractivity contribution in [2.75, 3.05) is 0 Å². The van der Waals surface area contributed by atoms with Gasteiger partial charge >= 0.3 is 24.7 Å². The van der Waals surface area contributed by atoms with Crippen molar-refractivity contribution in [3.05, 3.63) is 177 Å². The number of hydrogen-bond donors (Lipinski definition) is 0. The molecule has 0 fully saturated rings. The minimum atomic E-state index is -5.06. The molecule has 0 bridgehead atoms. The first-order valence-corrected chi connectivity index (χ1v) is 23.9. The fraction of sp³-hybridized carbons (Fsp3) is 0.259. The highest BCUT2D eigenvalue weighted by atomic mass is 28.2. The van der Waals surface area contributed by atoms with Gasteiger partial charge in [0, 0.05) is 21.4 Å². The summed E-state index contributed by atoms with van der Waals surface area (Å²) in [4.78, 5) is 0. The second-order valence-electron chi connectivity index (χ2n) is 17.9. The number of rotatable bonds is 10. The third kappa shape index (κ3) is 9.53. The summed E-state index contributed by atoms with van der Waals surface area (Å²) in [6.45, 7) is 7.97. The summed E-state index contributed by atoms with van der Waals surface area (Å²) in [6, 6.07) is 29.6. The average molecular weight is 949 g/mol. The lowest BCUT2D eigenvalue weighted by atomic mass is 9.85. The van der Waals surface area contributed by atoms with E-state index in [0.717, 1.165) is 46.5 Å². The maximum atomic E-state index is 14.3. The molecule has 0 amide bonds. The molecule has 2 aliphatic rings. The lowest BCUT2D eigenvalue weighted by Crippen LogP contribution is -2.12. The van der Waals surface area contributed by atoms with E-state index >= 15 is 0 Å². The Morgan fingerprint density at radius 1 is 0.403 bits per heavy atom. The summed E-state index contributed by atoms with van der Waals surface area (Å²) < 4.78 is 171. The Kier molecular flexibility index (Phi) is 12.6. The van der Waals surface area contributed by atoms with Crippen LogP contribution in [0.4, 0.5) is 52.7 Å². The van der Waals surface area contributed by atoms with E-state index in [9.17, 15) is 52.7 Å². The molecule has 0 saturated carbocycles. The predicted octanol–water partition coefficient (Wildman–Crippen LogP) is 17.4. The first-order valence-electron chi connectivity index (χ1n) is 21.9. The van der Waals surface area contributed by atoms with Crippen LogP contribution in [-0.4, -0.2) is 9.52 Å². The first-order chi connectivity index (χ1) is 31.4. The second kappa shape index (κ2) is 17.7. The average Bonchev–Trinajstić information content (AvgIpc) is 3.84. The normalized spacial score (nSPS) is 16.6. The van der Waals surface area contributed by atoms with Crippen LogP contribution in [0.15, 0.2) is 132 Å². The van der Waals surface area contributed by atoms with E-state index in [1.807, 2.05) is 52.0 Å². The first kappa shape index (κ1) is 47.7. The number of halogens is 12. The molecule has 2 unspecified atom stereocenters. The third-order valence-corrected chi connectivity index (χ3v) is 14.9. The van der Waals surface area contributed by atoms with Crippen molar-refractivity contribution in [2.24, 2.45) is 11.8 Å². The quantitative estimate of drug-likeness (QED) is 0.0948. The summed E-state index contributed by atoms with van der Waals surface area (Å²) in [5.74, 6) is -0.490. The van der Waals surface area contributed by atoms with Crippen LogP contribution < -0.4 is 0 Å². The van der Waals surface area contributed by atoms with Gasteiger partial charge in [0.15, 0.2) is 0 Å².